The Bertz CT molecular complexity index is 204. The minimum atomic E-state index is -4.49. The number of hydrogen-bond acceptors (Lipinski definition) is 3. The van der Waals surface area contributed by atoms with Crippen molar-refractivity contribution >= 4 is 10.2 Å². The lowest BCUT2D eigenvalue weighted by molar-refractivity contribution is 0.280. The molecule has 1 rings (SSSR count). The fourth-order valence-electron chi connectivity index (χ4n) is 0.618. The Labute approximate surface area is 52.7 Å². The fraction of sp³-hybridized carbons (Fsp3) is 1.00. The van der Waals surface area contributed by atoms with Gasteiger partial charge < -0.3 is 5.11 Å². The van der Waals surface area contributed by atoms with Crippen LogP contribution < -0.4 is 0 Å². The van der Waals surface area contributed by atoms with Crippen LogP contribution in [0, 0.1) is 0 Å². The van der Waals surface area contributed by atoms with Crippen LogP contribution in [0.2, 0.25) is 0 Å². The molecule has 5 heteroatoms. The Morgan fingerprint density at radius 3 is 2.00 bits per heavy atom. The predicted molar refractivity (Wildman–Crippen MR) is 29.1 cm³/mol. The van der Waals surface area contributed by atoms with Crippen molar-refractivity contribution in [3.05, 3.63) is 0 Å². The van der Waals surface area contributed by atoms with Gasteiger partial charge in [0.05, 0.1) is 6.61 Å². The molecule has 0 saturated heterocycles. The summed E-state index contributed by atoms with van der Waals surface area (Å²) in [6, 6.07) is 0. The Morgan fingerprint density at radius 2 is 2.00 bits per heavy atom. The van der Waals surface area contributed by atoms with Crippen molar-refractivity contribution in [2.24, 2.45) is 0 Å². The first-order valence-electron chi connectivity index (χ1n) is 2.57. The van der Waals surface area contributed by atoms with Gasteiger partial charge in [0, 0.05) is 0 Å². The molecule has 3 nitrogen and oxygen atoms in total. The zero-order chi connectivity index (χ0) is 7.12. The molecule has 0 aromatic rings. The molecular weight excluding hydrogens is 147 g/mol. The fourth-order valence-corrected chi connectivity index (χ4v) is 1.36. The third kappa shape index (κ3) is 0.943. The number of rotatable bonds is 2. The van der Waals surface area contributed by atoms with Crippen molar-refractivity contribution < 1.29 is 17.4 Å². The highest BCUT2D eigenvalue weighted by Gasteiger charge is 2.54. The van der Waals surface area contributed by atoms with E-state index in [0.717, 1.165) is 0 Å². The highest BCUT2D eigenvalue weighted by Crippen LogP contribution is 2.43. The Hall–Kier alpha value is -0.160. The van der Waals surface area contributed by atoms with E-state index in [0.29, 0.717) is 0 Å². The van der Waals surface area contributed by atoms with Crippen LogP contribution in [0.3, 0.4) is 0 Å². The van der Waals surface area contributed by atoms with Crippen LogP contribution in [-0.4, -0.2) is 24.9 Å². The van der Waals surface area contributed by atoms with Gasteiger partial charge in [0.2, 0.25) is 0 Å². The van der Waals surface area contributed by atoms with E-state index < -0.39 is 21.6 Å². The average molecular weight is 154 g/mol. The smallest absolute Gasteiger partial charge is 0.310 e. The largest absolute Gasteiger partial charge is 0.395 e. The first kappa shape index (κ1) is 6.95. The first-order valence-corrected chi connectivity index (χ1v) is 3.95. The zero-order valence-electron chi connectivity index (χ0n) is 4.67. The maximum Gasteiger partial charge on any atom is 0.310 e. The molecule has 1 N–H and O–H groups in total. The number of aliphatic hydroxyl groups is 1. The van der Waals surface area contributed by atoms with Gasteiger partial charge in [0.1, 0.15) is 4.75 Å². The SMILES string of the molecule is O=S(=O)(F)C1(CO)CC1. The maximum atomic E-state index is 12.0. The summed E-state index contributed by atoms with van der Waals surface area (Å²) in [4.78, 5) is 0. The average Bonchev–Trinajstić information content (AvgIpc) is 2.40. The quantitative estimate of drug-likeness (QED) is 0.561. The third-order valence-corrected chi connectivity index (χ3v) is 3.18. The van der Waals surface area contributed by atoms with Gasteiger partial charge in [0.25, 0.3) is 0 Å². The second-order valence-corrected chi connectivity index (χ2v) is 4.02. The number of aliphatic hydroxyl groups excluding tert-OH is 1. The highest BCUT2D eigenvalue weighted by atomic mass is 32.3. The van der Waals surface area contributed by atoms with E-state index in [1.807, 2.05) is 0 Å². The Balaban J connectivity index is 2.85. The summed E-state index contributed by atoms with van der Waals surface area (Å²) in [5.74, 6) is 0. The van der Waals surface area contributed by atoms with E-state index in [1.165, 1.54) is 0 Å². The molecule has 0 unspecified atom stereocenters. The molecule has 0 atom stereocenters. The molecule has 0 spiro atoms. The summed E-state index contributed by atoms with van der Waals surface area (Å²) in [6.07, 6.45) is 0.505. The molecule has 0 aromatic heterocycles. The number of halogens is 1. The predicted octanol–water partition coefficient (Wildman–Crippen LogP) is -0.189. The molecule has 1 aliphatic carbocycles. The van der Waals surface area contributed by atoms with Gasteiger partial charge in [0.15, 0.2) is 0 Å². The van der Waals surface area contributed by atoms with Crippen molar-refractivity contribution in [1.82, 2.24) is 0 Å². The molecule has 0 amide bonds. The molecule has 1 saturated carbocycles. The topological polar surface area (TPSA) is 54.4 Å². The van der Waals surface area contributed by atoms with Crippen molar-refractivity contribution in [3.8, 4) is 0 Å². The van der Waals surface area contributed by atoms with Crippen LogP contribution in [0.4, 0.5) is 3.89 Å². The molecule has 0 bridgehead atoms. The van der Waals surface area contributed by atoms with Crippen LogP contribution in [0.1, 0.15) is 12.8 Å². The van der Waals surface area contributed by atoms with Crippen LogP contribution in [0.15, 0.2) is 0 Å². The lowest BCUT2D eigenvalue weighted by atomic mass is 10.5. The molecule has 0 aliphatic heterocycles. The second-order valence-electron chi connectivity index (χ2n) is 2.28. The van der Waals surface area contributed by atoms with Gasteiger partial charge in [-0.3, -0.25) is 0 Å². The van der Waals surface area contributed by atoms with E-state index in [4.69, 9.17) is 5.11 Å². The van der Waals surface area contributed by atoms with Crippen molar-refractivity contribution in [1.29, 1.82) is 0 Å². The molecule has 0 heterocycles. The maximum absolute atomic E-state index is 12.0. The molecular formula is C4H7FO3S. The first-order chi connectivity index (χ1) is 4.02. The van der Waals surface area contributed by atoms with Gasteiger partial charge in [-0.05, 0) is 12.8 Å². The van der Waals surface area contributed by atoms with Crippen molar-refractivity contribution in [2.45, 2.75) is 17.6 Å². The van der Waals surface area contributed by atoms with Gasteiger partial charge in [-0.15, -0.1) is 3.89 Å². The zero-order valence-corrected chi connectivity index (χ0v) is 5.49. The van der Waals surface area contributed by atoms with E-state index in [9.17, 15) is 12.3 Å². The minimum Gasteiger partial charge on any atom is -0.395 e. The summed E-state index contributed by atoms with van der Waals surface area (Å²) < 4.78 is 30.9. The van der Waals surface area contributed by atoms with Crippen molar-refractivity contribution in [2.75, 3.05) is 6.61 Å². The monoisotopic (exact) mass is 154 g/mol. The van der Waals surface area contributed by atoms with E-state index in [2.05, 4.69) is 0 Å². The van der Waals surface area contributed by atoms with Gasteiger partial charge in [-0.25, -0.2) is 0 Å². The molecule has 0 radical (unpaired) electrons. The van der Waals surface area contributed by atoms with Crippen LogP contribution in [0.5, 0.6) is 0 Å². The Morgan fingerprint density at radius 1 is 1.56 bits per heavy atom. The summed E-state index contributed by atoms with van der Waals surface area (Å²) in [5.41, 5.74) is 0. The lowest BCUT2D eigenvalue weighted by Gasteiger charge is -2.02. The normalized spacial score (nSPS) is 23.8. The standard InChI is InChI=1S/C4H7FO3S/c5-9(7,8)4(3-6)1-2-4/h6H,1-3H2. The van der Waals surface area contributed by atoms with Crippen LogP contribution in [-0.2, 0) is 10.2 Å². The molecule has 0 aromatic carbocycles. The van der Waals surface area contributed by atoms with E-state index in [1.54, 1.807) is 0 Å². The number of hydrogen-bond donors (Lipinski definition) is 1. The highest BCUT2D eigenvalue weighted by molar-refractivity contribution is 7.88. The third-order valence-electron chi connectivity index (χ3n) is 1.61. The van der Waals surface area contributed by atoms with Crippen molar-refractivity contribution in [3.63, 3.8) is 0 Å². The van der Waals surface area contributed by atoms with E-state index in [-0.39, 0.29) is 12.8 Å². The second kappa shape index (κ2) is 1.67. The van der Waals surface area contributed by atoms with Crippen LogP contribution in [0.25, 0.3) is 0 Å². The summed E-state index contributed by atoms with van der Waals surface area (Å²) in [7, 11) is -4.49. The molecule has 54 valence electrons. The summed E-state index contributed by atoms with van der Waals surface area (Å²) in [6.45, 7) is -0.591. The Kier molecular flexibility index (Phi) is 1.29. The lowest BCUT2D eigenvalue weighted by Crippen LogP contribution is -2.22. The summed E-state index contributed by atoms with van der Waals surface area (Å²) in [5, 5.41) is 8.37. The summed E-state index contributed by atoms with van der Waals surface area (Å²) >= 11 is 0. The van der Waals surface area contributed by atoms with Crippen LogP contribution >= 0.6 is 0 Å². The van der Waals surface area contributed by atoms with Gasteiger partial charge >= 0.3 is 10.2 Å². The molecule has 9 heavy (non-hydrogen) atoms. The molecule has 1 aliphatic rings. The minimum absolute atomic E-state index is 0.252. The van der Waals surface area contributed by atoms with Gasteiger partial charge in [-0.2, -0.15) is 8.42 Å². The van der Waals surface area contributed by atoms with E-state index >= 15 is 0 Å². The van der Waals surface area contributed by atoms with Gasteiger partial charge in [-0.1, -0.05) is 0 Å². The molecule has 1 fully saturated rings.